The number of benzene rings is 2. The molecule has 0 aliphatic heterocycles. The molecule has 4 aromatic rings. The van der Waals surface area contributed by atoms with Crippen molar-refractivity contribution < 1.29 is 4.79 Å². The number of nitrogens with one attached hydrogen (secondary N) is 1. The van der Waals surface area contributed by atoms with Crippen molar-refractivity contribution in [2.45, 2.75) is 13.0 Å². The van der Waals surface area contributed by atoms with Crippen LogP contribution >= 0.6 is 0 Å². The molecule has 1 N–H and O–H groups in total. The summed E-state index contributed by atoms with van der Waals surface area (Å²) in [5.41, 5.74) is 4.38. The molecule has 0 spiro atoms. The lowest BCUT2D eigenvalue weighted by atomic mass is 9.98. The number of imidazole rings is 1. The van der Waals surface area contributed by atoms with Gasteiger partial charge < -0.3 is 9.72 Å². The molecule has 0 radical (unpaired) electrons. The Balaban J connectivity index is 1.67. The number of pyridine rings is 1. The number of amides is 1. The van der Waals surface area contributed by atoms with Crippen molar-refractivity contribution in [2.75, 3.05) is 0 Å². The van der Waals surface area contributed by atoms with E-state index in [9.17, 15) is 4.79 Å². The summed E-state index contributed by atoms with van der Waals surface area (Å²) >= 11 is 0. The molecule has 0 aliphatic rings. The Kier molecular flexibility index (Phi) is 4.23. The highest BCUT2D eigenvalue weighted by Gasteiger charge is 2.18. The number of aryl methyl sites for hydroxylation is 1. The van der Waals surface area contributed by atoms with Gasteiger partial charge >= 0.3 is 0 Å². The first kappa shape index (κ1) is 16.1. The summed E-state index contributed by atoms with van der Waals surface area (Å²) < 4.78 is 1.91. The van der Waals surface area contributed by atoms with Gasteiger partial charge in [-0.05, 0) is 30.2 Å². The number of rotatable bonds is 4. The van der Waals surface area contributed by atoms with Crippen molar-refractivity contribution in [3.63, 3.8) is 0 Å². The van der Waals surface area contributed by atoms with Gasteiger partial charge in [-0.25, -0.2) is 4.98 Å². The van der Waals surface area contributed by atoms with Gasteiger partial charge in [-0.3, -0.25) is 4.79 Å². The highest BCUT2D eigenvalue weighted by molar-refractivity contribution is 5.95. The van der Waals surface area contributed by atoms with Crippen LogP contribution in [0.4, 0.5) is 0 Å². The van der Waals surface area contributed by atoms with Crippen molar-refractivity contribution in [1.29, 1.82) is 0 Å². The maximum absolute atomic E-state index is 12.9. The van der Waals surface area contributed by atoms with E-state index in [1.54, 1.807) is 0 Å². The van der Waals surface area contributed by atoms with Crippen LogP contribution < -0.4 is 5.32 Å². The van der Waals surface area contributed by atoms with E-state index in [0.29, 0.717) is 5.56 Å². The molecule has 4 nitrogen and oxygen atoms in total. The Morgan fingerprint density at radius 3 is 2.19 bits per heavy atom. The fourth-order valence-corrected chi connectivity index (χ4v) is 3.11. The van der Waals surface area contributed by atoms with Gasteiger partial charge in [0.2, 0.25) is 0 Å². The molecule has 0 atom stereocenters. The van der Waals surface area contributed by atoms with E-state index in [1.165, 1.54) is 0 Å². The first-order valence-electron chi connectivity index (χ1n) is 8.57. The summed E-state index contributed by atoms with van der Waals surface area (Å²) in [6.07, 6.45) is 3.80. The average molecular weight is 341 g/mol. The molecule has 4 rings (SSSR count). The predicted octanol–water partition coefficient (Wildman–Crippen LogP) is 4.16. The van der Waals surface area contributed by atoms with E-state index < -0.39 is 0 Å². The predicted molar refractivity (Wildman–Crippen MR) is 102 cm³/mol. The Morgan fingerprint density at radius 2 is 1.58 bits per heavy atom. The maximum Gasteiger partial charge on any atom is 0.252 e. The van der Waals surface area contributed by atoms with Crippen LogP contribution in [0.25, 0.3) is 5.65 Å². The van der Waals surface area contributed by atoms with Gasteiger partial charge in [-0.2, -0.15) is 0 Å². The smallest absolute Gasteiger partial charge is 0.252 e. The molecule has 2 aromatic carbocycles. The van der Waals surface area contributed by atoms with E-state index in [1.807, 2.05) is 96.5 Å². The standard InChI is InChI=1S/C22H19N3O/c1-16-15-25-13-12-19(14-20(25)23-16)22(26)24-21(17-8-4-2-5-9-17)18-10-6-3-7-11-18/h2-15,21H,1H3,(H,24,26). The number of carbonyl (C=O) groups excluding carboxylic acids is 1. The number of hydrogen-bond donors (Lipinski definition) is 1. The Hall–Kier alpha value is -3.40. The topological polar surface area (TPSA) is 46.4 Å². The third kappa shape index (κ3) is 3.22. The molecule has 26 heavy (non-hydrogen) atoms. The quantitative estimate of drug-likeness (QED) is 0.606. The molecule has 4 heteroatoms. The third-order valence-corrected chi connectivity index (χ3v) is 4.38. The summed E-state index contributed by atoms with van der Waals surface area (Å²) in [5.74, 6) is -0.120. The molecular weight excluding hydrogens is 322 g/mol. The normalized spacial score (nSPS) is 11.0. The Bertz CT molecular complexity index is 999. The fraction of sp³-hybridized carbons (Fsp3) is 0.0909. The largest absolute Gasteiger partial charge is 0.341 e. The second-order valence-electron chi connectivity index (χ2n) is 6.29. The highest BCUT2D eigenvalue weighted by Crippen LogP contribution is 2.22. The van der Waals surface area contributed by atoms with Gasteiger partial charge in [0.15, 0.2) is 0 Å². The van der Waals surface area contributed by atoms with Crippen LogP contribution in [0.2, 0.25) is 0 Å². The van der Waals surface area contributed by atoms with Crippen LogP contribution in [0, 0.1) is 6.92 Å². The molecular formula is C22H19N3O. The second kappa shape index (κ2) is 6.84. The first-order valence-corrected chi connectivity index (χ1v) is 8.57. The molecule has 0 saturated carbocycles. The van der Waals surface area contributed by atoms with E-state index >= 15 is 0 Å². The zero-order valence-corrected chi connectivity index (χ0v) is 14.5. The van der Waals surface area contributed by atoms with Crippen LogP contribution in [0.3, 0.4) is 0 Å². The molecule has 1 amide bonds. The van der Waals surface area contributed by atoms with Crippen LogP contribution in [0.15, 0.2) is 85.2 Å². The van der Waals surface area contributed by atoms with Crippen molar-refractivity contribution in [3.05, 3.63) is 108 Å². The summed E-state index contributed by atoms with van der Waals surface area (Å²) in [6, 6.07) is 23.4. The van der Waals surface area contributed by atoms with Crippen molar-refractivity contribution in [1.82, 2.24) is 14.7 Å². The van der Waals surface area contributed by atoms with E-state index in [0.717, 1.165) is 22.5 Å². The number of nitrogens with zero attached hydrogens (tertiary/aromatic N) is 2. The number of carbonyl (C=O) groups is 1. The van der Waals surface area contributed by atoms with E-state index in [2.05, 4.69) is 10.3 Å². The Labute approximate surface area is 152 Å². The van der Waals surface area contributed by atoms with Crippen LogP contribution in [-0.4, -0.2) is 15.3 Å². The first-order chi connectivity index (χ1) is 12.7. The van der Waals surface area contributed by atoms with E-state index in [-0.39, 0.29) is 11.9 Å². The second-order valence-corrected chi connectivity index (χ2v) is 6.29. The van der Waals surface area contributed by atoms with Gasteiger partial charge in [-0.15, -0.1) is 0 Å². The van der Waals surface area contributed by atoms with E-state index in [4.69, 9.17) is 0 Å². The van der Waals surface area contributed by atoms with Gasteiger partial charge in [-0.1, -0.05) is 60.7 Å². The monoisotopic (exact) mass is 341 g/mol. The molecule has 0 fully saturated rings. The van der Waals surface area contributed by atoms with Gasteiger partial charge in [0.1, 0.15) is 5.65 Å². The van der Waals surface area contributed by atoms with Crippen molar-refractivity contribution >= 4 is 11.6 Å². The summed E-state index contributed by atoms with van der Waals surface area (Å²) in [7, 11) is 0. The zero-order valence-electron chi connectivity index (χ0n) is 14.5. The molecule has 2 aromatic heterocycles. The van der Waals surface area contributed by atoms with Crippen molar-refractivity contribution in [3.8, 4) is 0 Å². The molecule has 0 saturated heterocycles. The molecule has 128 valence electrons. The lowest BCUT2D eigenvalue weighted by Crippen LogP contribution is -2.29. The highest BCUT2D eigenvalue weighted by atomic mass is 16.1. The molecule has 0 aliphatic carbocycles. The minimum absolute atomic E-state index is 0.120. The lowest BCUT2D eigenvalue weighted by molar-refractivity contribution is 0.0943. The maximum atomic E-state index is 12.9. The van der Waals surface area contributed by atoms with Crippen LogP contribution in [-0.2, 0) is 0 Å². The third-order valence-electron chi connectivity index (χ3n) is 4.38. The minimum Gasteiger partial charge on any atom is -0.341 e. The fourth-order valence-electron chi connectivity index (χ4n) is 3.11. The SMILES string of the molecule is Cc1cn2ccc(C(=O)NC(c3ccccc3)c3ccccc3)cc2n1. The average Bonchev–Trinajstić information content (AvgIpc) is 3.06. The molecule has 0 bridgehead atoms. The van der Waals surface area contributed by atoms with Crippen molar-refractivity contribution in [2.24, 2.45) is 0 Å². The summed E-state index contributed by atoms with van der Waals surface area (Å²) in [6.45, 7) is 1.94. The van der Waals surface area contributed by atoms with Gasteiger partial charge in [0.25, 0.3) is 5.91 Å². The van der Waals surface area contributed by atoms with Crippen LogP contribution in [0.5, 0.6) is 0 Å². The van der Waals surface area contributed by atoms with Gasteiger partial charge in [0, 0.05) is 18.0 Å². The van der Waals surface area contributed by atoms with Gasteiger partial charge in [0.05, 0.1) is 11.7 Å². The number of fused-ring (bicyclic) bond motifs is 1. The minimum atomic E-state index is -0.206. The number of hydrogen-bond acceptors (Lipinski definition) is 2. The van der Waals surface area contributed by atoms with Crippen LogP contribution in [0.1, 0.15) is 33.2 Å². The molecule has 2 heterocycles. The zero-order chi connectivity index (χ0) is 17.9. The summed E-state index contributed by atoms with van der Waals surface area (Å²) in [4.78, 5) is 17.3. The Morgan fingerprint density at radius 1 is 0.962 bits per heavy atom. The molecule has 0 unspecified atom stereocenters. The lowest BCUT2D eigenvalue weighted by Gasteiger charge is -2.20. The summed E-state index contributed by atoms with van der Waals surface area (Å²) in [5, 5.41) is 3.16. The number of aromatic nitrogens is 2.